The standard InChI is InChI=1S/C48H62N4O18S4/c1-47(2)38-33-36(73(62,63)64)14-16-40(38)50(23-31-71(56,57)58)42(47)11-5-9-35(10-6-12-43-48(3,4)39-34-37(74(65,66)67)15-17-41(39)51(43)24-32-72(59,60)61)13-18-44(53)49-21-7-25-68-27-29-70-30-28-69-26-8-22-52-45(54)19-20-46(52)55/h5-6,9-12,14-17,19-20,33-34H,7-8,13,18,21-32H2,1-4H3,(H4-,49,53,56,57,58,59,60,61,62,63,64,65,66,67). The van der Waals surface area contributed by atoms with E-state index in [9.17, 15) is 66.3 Å². The van der Waals surface area contributed by atoms with Gasteiger partial charge >= 0.3 is 0 Å². The van der Waals surface area contributed by atoms with Crippen molar-refractivity contribution in [3.63, 3.8) is 0 Å². The van der Waals surface area contributed by atoms with Gasteiger partial charge in [-0.1, -0.05) is 38.2 Å². The van der Waals surface area contributed by atoms with E-state index in [4.69, 9.17) is 14.2 Å². The first-order chi connectivity index (χ1) is 34.5. The van der Waals surface area contributed by atoms with Crippen molar-refractivity contribution in [2.75, 3.05) is 82.2 Å². The summed E-state index contributed by atoms with van der Waals surface area (Å²) in [5.74, 6) is -2.31. The number of anilines is 1. The molecule has 2 aromatic carbocycles. The van der Waals surface area contributed by atoms with Crippen LogP contribution in [0.4, 0.5) is 11.4 Å². The molecule has 0 fully saturated rings. The zero-order valence-electron chi connectivity index (χ0n) is 41.3. The molecular formula is C48H62N4O18S4. The molecule has 5 rings (SSSR count). The summed E-state index contributed by atoms with van der Waals surface area (Å²) in [5, 5.41) is 2.86. The summed E-state index contributed by atoms with van der Waals surface area (Å²) in [6, 6.07) is 7.64. The van der Waals surface area contributed by atoms with Crippen LogP contribution in [0.2, 0.25) is 0 Å². The van der Waals surface area contributed by atoms with E-state index >= 15 is 0 Å². The van der Waals surface area contributed by atoms with E-state index in [-0.39, 0.29) is 55.1 Å². The van der Waals surface area contributed by atoms with Gasteiger partial charge in [-0.15, -0.1) is 0 Å². The highest BCUT2D eigenvalue weighted by Crippen LogP contribution is 2.48. The monoisotopic (exact) mass is 1110 g/mol. The Morgan fingerprint density at radius 2 is 1.31 bits per heavy atom. The molecule has 0 saturated carbocycles. The van der Waals surface area contributed by atoms with Gasteiger partial charge in [0.05, 0.1) is 47.4 Å². The normalized spacial score (nSPS) is 17.5. The maximum atomic E-state index is 13.1. The summed E-state index contributed by atoms with van der Waals surface area (Å²) in [6.45, 7) is 9.13. The van der Waals surface area contributed by atoms with Crippen molar-refractivity contribution in [2.24, 2.45) is 0 Å². The first kappa shape index (κ1) is 59.6. The van der Waals surface area contributed by atoms with Gasteiger partial charge in [0.15, 0.2) is 12.3 Å². The number of amides is 3. The Morgan fingerprint density at radius 3 is 1.92 bits per heavy atom. The second kappa shape index (κ2) is 25.1. The summed E-state index contributed by atoms with van der Waals surface area (Å²) < 4.78 is 155. The van der Waals surface area contributed by atoms with Crippen LogP contribution in [0.5, 0.6) is 0 Å². The van der Waals surface area contributed by atoms with Gasteiger partial charge in [-0.2, -0.15) is 29.8 Å². The van der Waals surface area contributed by atoms with Crippen LogP contribution < -0.4 is 10.2 Å². The Labute approximate surface area is 432 Å². The minimum atomic E-state index is -4.86. The molecule has 4 N–H and O–H groups in total. The fraction of sp³-hybridized carbons (Fsp3) is 0.458. The predicted molar refractivity (Wildman–Crippen MR) is 271 cm³/mol. The lowest BCUT2D eigenvalue weighted by Crippen LogP contribution is -2.31. The number of rotatable bonds is 29. The molecule has 0 aliphatic carbocycles. The van der Waals surface area contributed by atoms with Gasteiger partial charge in [0.25, 0.3) is 42.2 Å². The molecule has 0 bridgehead atoms. The third-order valence-corrected chi connectivity index (χ3v) is 15.4. The number of imide groups is 1. The van der Waals surface area contributed by atoms with E-state index in [0.717, 1.165) is 11.0 Å². The van der Waals surface area contributed by atoms with Crippen molar-refractivity contribution >= 4 is 75.3 Å². The lowest BCUT2D eigenvalue weighted by atomic mass is 9.81. The van der Waals surface area contributed by atoms with E-state index in [1.54, 1.807) is 73.6 Å². The maximum Gasteiger partial charge on any atom is 0.294 e. The molecule has 0 unspecified atom stereocenters. The summed E-state index contributed by atoms with van der Waals surface area (Å²) in [4.78, 5) is 38.2. The van der Waals surface area contributed by atoms with Crippen molar-refractivity contribution in [3.05, 3.63) is 107 Å². The molecule has 26 heteroatoms. The average molecular weight is 1110 g/mol. The summed E-state index contributed by atoms with van der Waals surface area (Å²) in [6.07, 6.45) is 13.6. The summed E-state index contributed by atoms with van der Waals surface area (Å²) in [5.41, 5.74) is 1.35. The molecule has 0 radical (unpaired) electrons. The molecule has 2 aromatic rings. The van der Waals surface area contributed by atoms with Crippen molar-refractivity contribution in [2.45, 2.75) is 74.0 Å². The topological polar surface area (TPSA) is 321 Å². The average Bonchev–Trinajstić information content (AvgIpc) is 3.82. The quantitative estimate of drug-likeness (QED) is 0.0298. The molecule has 74 heavy (non-hydrogen) atoms. The van der Waals surface area contributed by atoms with Crippen LogP contribution in [0.1, 0.15) is 64.5 Å². The highest BCUT2D eigenvalue weighted by atomic mass is 32.2. The molecule has 3 aliphatic heterocycles. The lowest BCUT2D eigenvalue weighted by molar-refractivity contribution is -0.432. The predicted octanol–water partition coefficient (Wildman–Crippen LogP) is 3.36. The van der Waals surface area contributed by atoms with E-state index in [1.165, 1.54) is 42.5 Å². The van der Waals surface area contributed by atoms with Crippen LogP contribution >= 0.6 is 0 Å². The largest absolute Gasteiger partial charge is 0.744 e. The molecule has 22 nitrogen and oxygen atoms in total. The first-order valence-corrected chi connectivity index (χ1v) is 29.4. The van der Waals surface area contributed by atoms with Crippen LogP contribution in [-0.2, 0) is 79.9 Å². The zero-order valence-corrected chi connectivity index (χ0v) is 44.6. The number of carbonyl (C=O) groups is 3. The van der Waals surface area contributed by atoms with Crippen molar-refractivity contribution in [1.82, 2.24) is 10.2 Å². The molecule has 3 aliphatic rings. The second-order valence-electron chi connectivity index (χ2n) is 18.4. The van der Waals surface area contributed by atoms with E-state index in [2.05, 4.69) is 5.32 Å². The third-order valence-electron chi connectivity index (χ3n) is 12.3. The second-order valence-corrected chi connectivity index (χ2v) is 24.3. The van der Waals surface area contributed by atoms with Gasteiger partial charge in [-0.25, -0.2) is 8.42 Å². The lowest BCUT2D eigenvalue weighted by Gasteiger charge is -2.26. The molecule has 406 valence electrons. The number of hydrogen-bond acceptors (Lipinski definition) is 16. The molecule has 3 heterocycles. The summed E-state index contributed by atoms with van der Waals surface area (Å²) in [7, 11) is -18.4. The minimum absolute atomic E-state index is 0.0132. The van der Waals surface area contributed by atoms with Gasteiger partial charge in [0.2, 0.25) is 11.6 Å². The van der Waals surface area contributed by atoms with Crippen LogP contribution in [0, 0.1) is 0 Å². The van der Waals surface area contributed by atoms with Crippen LogP contribution in [0.3, 0.4) is 0 Å². The minimum Gasteiger partial charge on any atom is -0.744 e. The number of nitrogens with one attached hydrogen (secondary N) is 1. The van der Waals surface area contributed by atoms with Crippen LogP contribution in [0.25, 0.3) is 0 Å². The van der Waals surface area contributed by atoms with Gasteiger partial charge in [-0.3, -0.25) is 32.9 Å². The Kier molecular flexibility index (Phi) is 20.2. The number of hydrogen-bond donors (Lipinski definition) is 4. The first-order valence-electron chi connectivity index (χ1n) is 23.4. The number of allylic oxidation sites excluding steroid dienone is 8. The fourth-order valence-electron chi connectivity index (χ4n) is 8.53. The Hall–Kier alpha value is -5.26. The highest BCUT2D eigenvalue weighted by molar-refractivity contribution is 7.86. The molecule has 0 atom stereocenters. The Balaban J connectivity index is 1.28. The van der Waals surface area contributed by atoms with Crippen molar-refractivity contribution in [3.8, 4) is 0 Å². The number of nitrogens with zero attached hydrogens (tertiary/aromatic N) is 3. The highest BCUT2D eigenvalue weighted by Gasteiger charge is 2.45. The van der Waals surface area contributed by atoms with Gasteiger partial charge in [-0.05, 0) is 80.7 Å². The third kappa shape index (κ3) is 16.6. The maximum absolute atomic E-state index is 13.1. The molecule has 0 spiro atoms. The molecule has 0 aromatic heterocycles. The Bertz CT molecular complexity index is 3080. The number of carbonyl (C=O) groups excluding carboxylic acids is 3. The summed E-state index contributed by atoms with van der Waals surface area (Å²) >= 11 is 0. The van der Waals surface area contributed by atoms with Gasteiger partial charge in [0, 0.05) is 85.9 Å². The fourth-order valence-corrected chi connectivity index (χ4v) is 10.4. The number of ether oxygens (including phenoxy) is 3. The smallest absolute Gasteiger partial charge is 0.294 e. The van der Waals surface area contributed by atoms with Gasteiger partial charge in [0.1, 0.15) is 15.9 Å². The SMILES string of the molecule is CC1(C)C(/C=C/C=C(/C=C/C=C2/N(CCS(=O)(=O)O)c3ccc(S(=O)(=O)O)cc3C2(C)C)CCC(=O)NCCCOCCOCCOCCCN2C(=O)C=CC2=O)=[N+](CCS(=O)(=O)O)c2ccc(S(=O)(=O)[O-])cc21. The van der Waals surface area contributed by atoms with Crippen molar-refractivity contribution in [1.29, 1.82) is 0 Å². The number of fused-ring (bicyclic) bond motifs is 2. The van der Waals surface area contributed by atoms with Crippen LogP contribution in [-0.4, -0.2) is 162 Å². The molecule has 3 amide bonds. The zero-order chi connectivity index (χ0) is 54.7. The number of benzene rings is 2. The molecular weight excluding hydrogens is 1050 g/mol. The van der Waals surface area contributed by atoms with E-state index < -0.39 is 67.7 Å². The molecule has 0 saturated heterocycles. The van der Waals surface area contributed by atoms with E-state index in [0.29, 0.717) is 98.5 Å². The van der Waals surface area contributed by atoms with Crippen LogP contribution in [0.15, 0.2) is 106 Å². The van der Waals surface area contributed by atoms with E-state index in [1.807, 2.05) is 0 Å². The van der Waals surface area contributed by atoms with Gasteiger partial charge < -0.3 is 29.0 Å². The Morgan fingerprint density at radius 1 is 0.716 bits per heavy atom. The van der Waals surface area contributed by atoms with Crippen molar-refractivity contribution < 1.29 is 85.1 Å².